The molecule has 1 saturated carbocycles. The highest BCUT2D eigenvalue weighted by atomic mass is 16.3. The summed E-state index contributed by atoms with van der Waals surface area (Å²) in [6.45, 7) is 0. The first kappa shape index (κ1) is 6.88. The number of nitrogens with zero attached hydrogens (tertiary/aromatic N) is 3. The van der Waals surface area contributed by atoms with Crippen LogP contribution < -0.4 is 0 Å². The zero-order chi connectivity index (χ0) is 8.84. The maximum Gasteiger partial charge on any atom is 0.230 e. The minimum Gasteiger partial charge on any atom is -0.492 e. The van der Waals surface area contributed by atoms with Gasteiger partial charge in [-0.1, -0.05) is 0 Å². The molecule has 0 aromatic carbocycles. The quantitative estimate of drug-likeness (QED) is 0.714. The molecule has 0 amide bonds. The van der Waals surface area contributed by atoms with Crippen LogP contribution in [0.3, 0.4) is 0 Å². The Morgan fingerprint density at radius 3 is 3.08 bits per heavy atom. The Kier molecular flexibility index (Phi) is 1.17. The molecule has 1 aliphatic rings. The first-order chi connectivity index (χ1) is 6.34. The molecular weight excluding hydrogens is 166 g/mol. The topological polar surface area (TPSA) is 50.9 Å². The number of hydrogen-bond donors (Lipinski definition) is 1. The van der Waals surface area contributed by atoms with Gasteiger partial charge in [0.15, 0.2) is 5.65 Å². The van der Waals surface area contributed by atoms with Crippen molar-refractivity contribution in [1.29, 1.82) is 0 Å². The van der Waals surface area contributed by atoms with E-state index >= 15 is 0 Å². The highest BCUT2D eigenvalue weighted by Crippen LogP contribution is 2.36. The monoisotopic (exact) mass is 175 g/mol. The molecule has 0 unspecified atom stereocenters. The summed E-state index contributed by atoms with van der Waals surface area (Å²) in [5, 5.41) is 9.11. The van der Waals surface area contributed by atoms with Crippen LogP contribution in [0.4, 0.5) is 0 Å². The third-order valence-electron chi connectivity index (χ3n) is 2.34. The molecule has 13 heavy (non-hydrogen) atoms. The normalized spacial score (nSPS) is 16.6. The zero-order valence-electron chi connectivity index (χ0n) is 7.01. The molecule has 0 radical (unpaired) electrons. The molecule has 2 aromatic heterocycles. The lowest BCUT2D eigenvalue weighted by atomic mass is 10.5. The van der Waals surface area contributed by atoms with Gasteiger partial charge in [0.2, 0.25) is 5.88 Å². The minimum absolute atomic E-state index is 0.0129. The second-order valence-electron chi connectivity index (χ2n) is 3.39. The van der Waals surface area contributed by atoms with Gasteiger partial charge in [-0.3, -0.25) is 0 Å². The number of aromatic nitrogens is 3. The summed E-state index contributed by atoms with van der Waals surface area (Å²) in [6, 6.07) is 2.50. The van der Waals surface area contributed by atoms with E-state index in [2.05, 4.69) is 14.5 Å². The van der Waals surface area contributed by atoms with E-state index in [1.807, 2.05) is 12.3 Å². The van der Waals surface area contributed by atoms with Crippen molar-refractivity contribution >= 4 is 11.2 Å². The number of hydrogen-bond acceptors (Lipinski definition) is 3. The van der Waals surface area contributed by atoms with Crippen molar-refractivity contribution in [2.75, 3.05) is 0 Å². The molecule has 0 aliphatic heterocycles. The second kappa shape index (κ2) is 2.22. The molecule has 0 spiro atoms. The van der Waals surface area contributed by atoms with Crippen LogP contribution in [0, 0.1) is 0 Å². The van der Waals surface area contributed by atoms with Crippen LogP contribution in [0.15, 0.2) is 18.5 Å². The van der Waals surface area contributed by atoms with Gasteiger partial charge in [0.25, 0.3) is 0 Å². The van der Waals surface area contributed by atoms with E-state index in [-0.39, 0.29) is 5.88 Å². The maximum absolute atomic E-state index is 9.11. The maximum atomic E-state index is 9.11. The second-order valence-corrected chi connectivity index (χ2v) is 3.39. The highest BCUT2D eigenvalue weighted by Gasteiger charge is 2.25. The number of aromatic hydroxyl groups is 1. The van der Waals surface area contributed by atoms with Crippen LogP contribution in [0.5, 0.6) is 5.88 Å². The molecule has 0 bridgehead atoms. The van der Waals surface area contributed by atoms with Crippen LogP contribution in [0.2, 0.25) is 0 Å². The first-order valence-corrected chi connectivity index (χ1v) is 4.37. The Hall–Kier alpha value is -1.58. The molecule has 66 valence electrons. The zero-order valence-corrected chi connectivity index (χ0v) is 7.01. The van der Waals surface area contributed by atoms with Gasteiger partial charge in [0.05, 0.1) is 6.20 Å². The molecule has 0 atom stereocenters. The summed E-state index contributed by atoms with van der Waals surface area (Å²) >= 11 is 0. The predicted molar refractivity (Wildman–Crippen MR) is 47.5 cm³/mol. The van der Waals surface area contributed by atoms with Crippen molar-refractivity contribution in [2.24, 2.45) is 0 Å². The summed E-state index contributed by atoms with van der Waals surface area (Å²) < 4.78 is 2.13. The van der Waals surface area contributed by atoms with Crippen LogP contribution in [0.25, 0.3) is 11.2 Å². The average molecular weight is 175 g/mol. The molecule has 2 heterocycles. The van der Waals surface area contributed by atoms with E-state index in [0.717, 1.165) is 11.2 Å². The van der Waals surface area contributed by atoms with E-state index in [1.54, 1.807) is 0 Å². The van der Waals surface area contributed by atoms with Crippen molar-refractivity contribution in [1.82, 2.24) is 14.5 Å². The van der Waals surface area contributed by atoms with Crippen molar-refractivity contribution in [2.45, 2.75) is 18.9 Å². The van der Waals surface area contributed by atoms with E-state index in [9.17, 15) is 0 Å². The lowest BCUT2D eigenvalue weighted by Crippen LogP contribution is -1.93. The van der Waals surface area contributed by atoms with E-state index in [1.165, 1.54) is 19.0 Å². The fourth-order valence-electron chi connectivity index (χ4n) is 1.57. The van der Waals surface area contributed by atoms with Gasteiger partial charge in [-0.15, -0.1) is 0 Å². The Labute approximate surface area is 74.9 Å². The summed E-state index contributed by atoms with van der Waals surface area (Å²) in [4.78, 5) is 8.13. The van der Waals surface area contributed by atoms with Crippen LogP contribution >= 0.6 is 0 Å². The molecule has 3 rings (SSSR count). The highest BCUT2D eigenvalue weighted by molar-refractivity contribution is 5.71. The van der Waals surface area contributed by atoms with Crippen LogP contribution in [-0.2, 0) is 0 Å². The van der Waals surface area contributed by atoms with Crippen molar-refractivity contribution in [3.63, 3.8) is 0 Å². The molecule has 4 heteroatoms. The van der Waals surface area contributed by atoms with Gasteiger partial charge >= 0.3 is 0 Å². The standard InChI is InChI=1S/C9H9N3O/c13-8-5-10-9-7(11-8)3-4-12(9)6-1-2-6/h3-6H,1-2H2,(H,11,13). The molecular formula is C9H9N3O. The Bertz CT molecular complexity index is 459. The van der Waals surface area contributed by atoms with Gasteiger partial charge in [-0.25, -0.2) is 9.97 Å². The summed E-state index contributed by atoms with van der Waals surface area (Å²) in [7, 11) is 0. The lowest BCUT2D eigenvalue weighted by molar-refractivity contribution is 0.453. The lowest BCUT2D eigenvalue weighted by Gasteiger charge is -1.99. The molecule has 2 aromatic rings. The van der Waals surface area contributed by atoms with Crippen molar-refractivity contribution in [3.8, 4) is 5.88 Å². The number of fused-ring (bicyclic) bond motifs is 1. The Morgan fingerprint density at radius 1 is 1.46 bits per heavy atom. The first-order valence-electron chi connectivity index (χ1n) is 4.37. The molecule has 1 aliphatic carbocycles. The van der Waals surface area contributed by atoms with Crippen molar-refractivity contribution in [3.05, 3.63) is 18.5 Å². The van der Waals surface area contributed by atoms with Gasteiger partial charge in [-0.05, 0) is 18.9 Å². The SMILES string of the molecule is Oc1cnc2c(ccn2C2CC2)n1. The molecule has 1 fully saturated rings. The van der Waals surface area contributed by atoms with Gasteiger partial charge in [0.1, 0.15) is 5.52 Å². The van der Waals surface area contributed by atoms with Crippen molar-refractivity contribution < 1.29 is 5.11 Å². The van der Waals surface area contributed by atoms with E-state index in [0.29, 0.717) is 6.04 Å². The molecule has 4 nitrogen and oxygen atoms in total. The van der Waals surface area contributed by atoms with Crippen LogP contribution in [-0.4, -0.2) is 19.6 Å². The summed E-state index contributed by atoms with van der Waals surface area (Å²) in [6.07, 6.45) is 5.83. The smallest absolute Gasteiger partial charge is 0.230 e. The number of rotatable bonds is 1. The summed E-state index contributed by atoms with van der Waals surface area (Å²) in [5.41, 5.74) is 1.65. The third-order valence-corrected chi connectivity index (χ3v) is 2.34. The fraction of sp³-hybridized carbons (Fsp3) is 0.333. The summed E-state index contributed by atoms with van der Waals surface area (Å²) in [5.74, 6) is -0.0129. The predicted octanol–water partition coefficient (Wildman–Crippen LogP) is 1.47. The van der Waals surface area contributed by atoms with Gasteiger partial charge < -0.3 is 9.67 Å². The fourth-order valence-corrected chi connectivity index (χ4v) is 1.57. The average Bonchev–Trinajstić information content (AvgIpc) is 2.87. The Morgan fingerprint density at radius 2 is 2.31 bits per heavy atom. The Balaban J connectivity index is 2.26. The van der Waals surface area contributed by atoms with Gasteiger partial charge in [-0.2, -0.15) is 0 Å². The van der Waals surface area contributed by atoms with E-state index < -0.39 is 0 Å². The van der Waals surface area contributed by atoms with E-state index in [4.69, 9.17) is 5.11 Å². The largest absolute Gasteiger partial charge is 0.492 e. The minimum atomic E-state index is -0.0129. The van der Waals surface area contributed by atoms with Gasteiger partial charge in [0, 0.05) is 12.2 Å². The molecule has 1 N–H and O–H groups in total. The molecule has 0 saturated heterocycles. The third kappa shape index (κ3) is 0.983. The van der Waals surface area contributed by atoms with Crippen LogP contribution in [0.1, 0.15) is 18.9 Å².